The SMILES string of the molecule is Cc1cc(CC(=O)[C@H](C)NC(=O)OCC2c3ccccc3-c3ccccc32)ccc1I. The number of benzene rings is 3. The van der Waals surface area contributed by atoms with Gasteiger partial charge < -0.3 is 10.1 Å². The van der Waals surface area contributed by atoms with Crippen molar-refractivity contribution in [2.45, 2.75) is 32.2 Å². The van der Waals surface area contributed by atoms with Crippen LogP contribution in [0, 0.1) is 10.5 Å². The number of hydrogen-bond acceptors (Lipinski definition) is 3. The fraction of sp³-hybridized carbons (Fsp3) is 0.231. The Morgan fingerprint density at radius 2 is 1.61 bits per heavy atom. The Labute approximate surface area is 196 Å². The third kappa shape index (κ3) is 4.66. The van der Waals surface area contributed by atoms with E-state index in [0.717, 1.165) is 22.3 Å². The van der Waals surface area contributed by atoms with E-state index in [-0.39, 0.29) is 24.7 Å². The molecule has 1 aliphatic rings. The van der Waals surface area contributed by atoms with Gasteiger partial charge in [0.05, 0.1) is 6.04 Å². The zero-order chi connectivity index (χ0) is 22.0. The molecule has 0 saturated heterocycles. The molecule has 4 rings (SSSR count). The summed E-state index contributed by atoms with van der Waals surface area (Å²) >= 11 is 2.27. The molecule has 0 aliphatic heterocycles. The highest BCUT2D eigenvalue weighted by atomic mass is 127. The molecule has 0 aromatic heterocycles. The highest BCUT2D eigenvalue weighted by Crippen LogP contribution is 2.44. The Balaban J connectivity index is 1.36. The van der Waals surface area contributed by atoms with E-state index in [1.807, 2.05) is 49.4 Å². The maximum Gasteiger partial charge on any atom is 0.407 e. The molecule has 158 valence electrons. The van der Waals surface area contributed by atoms with Crippen molar-refractivity contribution in [1.29, 1.82) is 0 Å². The predicted molar refractivity (Wildman–Crippen MR) is 130 cm³/mol. The molecule has 0 heterocycles. The first-order valence-electron chi connectivity index (χ1n) is 10.3. The minimum atomic E-state index is -0.616. The van der Waals surface area contributed by atoms with Gasteiger partial charge in [0.2, 0.25) is 0 Å². The second-order valence-electron chi connectivity index (χ2n) is 7.92. The third-order valence-corrected chi connectivity index (χ3v) is 6.97. The van der Waals surface area contributed by atoms with Crippen LogP contribution in [0.2, 0.25) is 0 Å². The van der Waals surface area contributed by atoms with Gasteiger partial charge in [-0.15, -0.1) is 0 Å². The Hall–Kier alpha value is -2.67. The molecule has 4 nitrogen and oxygen atoms in total. The van der Waals surface area contributed by atoms with Gasteiger partial charge in [-0.3, -0.25) is 4.79 Å². The molecular formula is C26H24INO3. The normalized spacial score (nSPS) is 13.3. The minimum absolute atomic E-state index is 0.000996. The second kappa shape index (κ2) is 9.22. The van der Waals surface area contributed by atoms with Crippen molar-refractivity contribution in [1.82, 2.24) is 5.32 Å². The Bertz CT molecular complexity index is 1100. The van der Waals surface area contributed by atoms with Crippen LogP contribution in [-0.4, -0.2) is 24.5 Å². The molecule has 5 heteroatoms. The number of fused-ring (bicyclic) bond motifs is 3. The topological polar surface area (TPSA) is 55.4 Å². The van der Waals surface area contributed by atoms with Crippen LogP contribution in [0.5, 0.6) is 0 Å². The number of carbonyl (C=O) groups is 2. The van der Waals surface area contributed by atoms with Crippen molar-refractivity contribution in [2.75, 3.05) is 6.61 Å². The standard InChI is InChI=1S/C26H24INO3/c1-16-13-18(11-12-24(16)27)14-25(29)17(2)28-26(30)31-15-23-21-9-5-3-7-19(21)20-8-4-6-10-22(20)23/h3-13,17,23H,14-15H2,1-2H3,(H,28,30)/t17-/m0/s1. The van der Waals surface area contributed by atoms with Crippen molar-refractivity contribution in [3.8, 4) is 11.1 Å². The van der Waals surface area contributed by atoms with E-state index in [2.05, 4.69) is 52.2 Å². The van der Waals surface area contributed by atoms with E-state index in [1.165, 1.54) is 14.7 Å². The molecule has 0 fully saturated rings. The number of hydrogen-bond donors (Lipinski definition) is 1. The second-order valence-corrected chi connectivity index (χ2v) is 9.08. The summed E-state index contributed by atoms with van der Waals surface area (Å²) in [6, 6.07) is 21.8. The van der Waals surface area contributed by atoms with Gasteiger partial charge in [-0.2, -0.15) is 0 Å². The Morgan fingerprint density at radius 1 is 1.00 bits per heavy atom. The molecule has 0 radical (unpaired) electrons. The van der Waals surface area contributed by atoms with E-state index in [9.17, 15) is 9.59 Å². The van der Waals surface area contributed by atoms with Crippen LogP contribution < -0.4 is 5.32 Å². The van der Waals surface area contributed by atoms with E-state index in [4.69, 9.17) is 4.74 Å². The lowest BCUT2D eigenvalue weighted by Gasteiger charge is -2.17. The molecule has 31 heavy (non-hydrogen) atoms. The first-order valence-corrected chi connectivity index (χ1v) is 11.4. The lowest BCUT2D eigenvalue weighted by Crippen LogP contribution is -2.40. The first kappa shape index (κ1) is 21.6. The first-order chi connectivity index (χ1) is 14.9. The molecule has 0 unspecified atom stereocenters. The fourth-order valence-electron chi connectivity index (χ4n) is 4.07. The molecule has 1 atom stereocenters. The van der Waals surface area contributed by atoms with Crippen LogP contribution in [0.1, 0.15) is 35.1 Å². The van der Waals surface area contributed by atoms with Crippen LogP contribution >= 0.6 is 22.6 Å². The number of carbonyl (C=O) groups excluding carboxylic acids is 2. The summed E-state index contributed by atoms with van der Waals surface area (Å²) in [5.74, 6) is -0.0481. The number of ketones is 1. The lowest BCUT2D eigenvalue weighted by molar-refractivity contribution is -0.119. The largest absolute Gasteiger partial charge is 0.449 e. The number of alkyl carbamates (subject to hydrolysis) is 1. The molecule has 1 amide bonds. The number of halogens is 1. The van der Waals surface area contributed by atoms with Crippen LogP contribution in [0.15, 0.2) is 66.7 Å². The Kier molecular flexibility index (Phi) is 6.41. The summed E-state index contributed by atoms with van der Waals surface area (Å²) in [5.41, 5.74) is 6.78. The molecule has 3 aromatic carbocycles. The van der Waals surface area contributed by atoms with E-state index in [1.54, 1.807) is 6.92 Å². The summed E-state index contributed by atoms with van der Waals surface area (Å²) in [6.45, 7) is 3.95. The fourth-order valence-corrected chi connectivity index (χ4v) is 4.40. The predicted octanol–water partition coefficient (Wildman–Crippen LogP) is 5.64. The van der Waals surface area contributed by atoms with Gasteiger partial charge in [-0.25, -0.2) is 4.79 Å². The van der Waals surface area contributed by atoms with Gasteiger partial charge in [0.15, 0.2) is 5.78 Å². The number of nitrogens with one attached hydrogen (secondary N) is 1. The summed E-state index contributed by atoms with van der Waals surface area (Å²) in [7, 11) is 0. The van der Waals surface area contributed by atoms with Crippen molar-refractivity contribution < 1.29 is 14.3 Å². The average Bonchev–Trinajstić information content (AvgIpc) is 3.08. The van der Waals surface area contributed by atoms with E-state index < -0.39 is 12.1 Å². The van der Waals surface area contributed by atoms with Gasteiger partial charge in [-0.05, 0) is 75.9 Å². The zero-order valence-corrected chi connectivity index (χ0v) is 19.7. The average molecular weight is 525 g/mol. The van der Waals surface area contributed by atoms with Crippen LogP contribution in [0.25, 0.3) is 11.1 Å². The zero-order valence-electron chi connectivity index (χ0n) is 17.5. The molecule has 0 bridgehead atoms. The number of Topliss-reactive ketones (excluding diaryl/α,β-unsaturated/α-hetero) is 1. The molecule has 1 N–H and O–H groups in total. The van der Waals surface area contributed by atoms with E-state index in [0.29, 0.717) is 0 Å². The summed E-state index contributed by atoms with van der Waals surface area (Å²) in [5, 5.41) is 2.69. The number of amides is 1. The summed E-state index contributed by atoms with van der Waals surface area (Å²) < 4.78 is 6.71. The molecule has 0 spiro atoms. The maximum absolute atomic E-state index is 12.6. The molecule has 1 aliphatic carbocycles. The van der Waals surface area contributed by atoms with Crippen LogP contribution in [0.4, 0.5) is 4.79 Å². The summed E-state index contributed by atoms with van der Waals surface area (Å²) in [4.78, 5) is 25.0. The van der Waals surface area contributed by atoms with Crippen molar-refractivity contribution in [2.24, 2.45) is 0 Å². The molecule has 3 aromatic rings. The van der Waals surface area contributed by atoms with Crippen molar-refractivity contribution in [3.05, 3.63) is 92.6 Å². The monoisotopic (exact) mass is 525 g/mol. The van der Waals surface area contributed by atoms with Crippen LogP contribution in [-0.2, 0) is 16.0 Å². The van der Waals surface area contributed by atoms with E-state index >= 15 is 0 Å². The van der Waals surface area contributed by atoms with Gasteiger partial charge in [0, 0.05) is 15.9 Å². The Morgan fingerprint density at radius 3 is 2.23 bits per heavy atom. The van der Waals surface area contributed by atoms with Crippen molar-refractivity contribution in [3.63, 3.8) is 0 Å². The minimum Gasteiger partial charge on any atom is -0.449 e. The molecule has 0 saturated carbocycles. The smallest absolute Gasteiger partial charge is 0.407 e. The van der Waals surface area contributed by atoms with Gasteiger partial charge in [0.1, 0.15) is 6.61 Å². The number of aryl methyl sites for hydroxylation is 1. The lowest BCUT2D eigenvalue weighted by atomic mass is 9.98. The number of rotatable bonds is 6. The van der Waals surface area contributed by atoms with Crippen molar-refractivity contribution >= 4 is 34.5 Å². The highest BCUT2D eigenvalue weighted by molar-refractivity contribution is 14.1. The van der Waals surface area contributed by atoms with Gasteiger partial charge in [-0.1, -0.05) is 60.7 Å². The summed E-state index contributed by atoms with van der Waals surface area (Å²) in [6.07, 6.45) is -0.288. The highest BCUT2D eigenvalue weighted by Gasteiger charge is 2.29. The number of ether oxygens (including phenoxy) is 1. The third-order valence-electron chi connectivity index (χ3n) is 5.76. The van der Waals surface area contributed by atoms with Gasteiger partial charge >= 0.3 is 6.09 Å². The molecular weight excluding hydrogens is 501 g/mol. The quantitative estimate of drug-likeness (QED) is 0.424. The van der Waals surface area contributed by atoms with Gasteiger partial charge in [0.25, 0.3) is 0 Å². The van der Waals surface area contributed by atoms with Crippen LogP contribution in [0.3, 0.4) is 0 Å². The maximum atomic E-state index is 12.6.